The van der Waals surface area contributed by atoms with Crippen molar-refractivity contribution in [2.45, 2.75) is 280 Å². The lowest BCUT2D eigenvalue weighted by molar-refractivity contribution is -0.382. The predicted octanol–water partition coefficient (Wildman–Crippen LogP) is -3.37. The van der Waals surface area contributed by atoms with Gasteiger partial charge >= 0.3 is 23.9 Å². The third-order valence-corrected chi connectivity index (χ3v) is 23.6. The first kappa shape index (κ1) is 73.4. The maximum Gasteiger partial charge on any atom is 0.315 e. The number of fused-ring (bicyclic) bond motifs is 7. The third-order valence-electron chi connectivity index (χ3n) is 23.6. The Morgan fingerprint density at radius 1 is 0.532 bits per heavy atom. The number of carboxylic acids is 1. The molecule has 0 unspecified atom stereocenters. The molecule has 31 heteroatoms. The molecule has 31 nitrogen and oxygen atoms in total. The number of hydrogen-bond acceptors (Lipinski definition) is 30. The number of aliphatic carboxylic acids is 1. The van der Waals surface area contributed by atoms with Gasteiger partial charge in [-0.2, -0.15) is 0 Å². The molecule has 0 spiro atoms. The molecule has 0 bridgehead atoms. The largest absolute Gasteiger partial charge is 0.481 e. The summed E-state index contributed by atoms with van der Waals surface area (Å²) in [4.78, 5) is 55.8. The highest BCUT2D eigenvalue weighted by Crippen LogP contribution is 2.76. The molecule has 15 N–H and O–H groups in total. The van der Waals surface area contributed by atoms with Crippen molar-refractivity contribution in [1.29, 1.82) is 0 Å². The molecule has 0 amide bonds. The third kappa shape index (κ3) is 12.4. The average Bonchev–Trinajstić information content (AvgIpc) is 0.670. The van der Waals surface area contributed by atoms with Gasteiger partial charge in [-0.25, -0.2) is 0 Å². The number of ether oxygens (including phenoxy) is 12. The Morgan fingerprint density at radius 3 is 1.70 bits per heavy atom. The second-order valence-corrected chi connectivity index (χ2v) is 29.6. The number of esters is 3. The van der Waals surface area contributed by atoms with Gasteiger partial charge in [0.25, 0.3) is 0 Å². The Hall–Kier alpha value is -3.30. The Bertz CT molecular complexity index is 2760. The van der Waals surface area contributed by atoms with Gasteiger partial charge < -0.3 is 133 Å². The average molecular weight is 1350 g/mol. The van der Waals surface area contributed by atoms with Crippen molar-refractivity contribution in [3.05, 3.63) is 11.6 Å². The molecule has 0 aromatic carbocycles. The SMILES string of the molecule is CC(=O)O[C@H]1[C@@H](OC(C)=O)[C@@H](C)O[C@@H](OC(=O)[C@]23CCC(C)(C)C[C@H]2C2=CC[C@@H]4[C@@]5(C)C[C@H](O)[C@H](O[C@@H]6O[C@H](CO)[C@@H](O)[C@H](O)[C@H]6O[C@@H]6O[C@H](CO)[C@H](O)[C@H](O)[C@H]6O)[C@@](C)(C(=O)O)[C@@H]5CC[C@@]4(C)[C@]2(CO)CC3)[C@@H]1O[C@@H]1O[C@@H](C)[C@H](O[C@@H]2OC[C@@H](O)[C@H](O)[C@H]2O)[C@@H](O)[C@H]1O. The van der Waals surface area contributed by atoms with Gasteiger partial charge in [0.15, 0.2) is 43.5 Å². The molecule has 0 radical (unpaired) electrons. The molecule has 0 aromatic rings. The lowest BCUT2D eigenvalue weighted by Gasteiger charge is -2.71. The summed E-state index contributed by atoms with van der Waals surface area (Å²) in [7, 11) is 0. The Morgan fingerprint density at radius 2 is 1.07 bits per heavy atom. The molecular formula is C63H98O31. The first-order chi connectivity index (χ1) is 44.0. The van der Waals surface area contributed by atoms with E-state index in [2.05, 4.69) is 20.8 Å². The van der Waals surface area contributed by atoms with Gasteiger partial charge in [-0.1, -0.05) is 39.3 Å². The summed E-state index contributed by atoms with van der Waals surface area (Å²) in [5.41, 5.74) is -5.84. The van der Waals surface area contributed by atoms with Crippen LogP contribution in [0.3, 0.4) is 0 Å². The molecule has 34 atom stereocenters. The zero-order valence-corrected chi connectivity index (χ0v) is 54.3. The van der Waals surface area contributed by atoms with Crippen molar-refractivity contribution in [3.8, 4) is 0 Å². The van der Waals surface area contributed by atoms with Crippen molar-refractivity contribution in [1.82, 2.24) is 0 Å². The molecule has 5 aliphatic carbocycles. The van der Waals surface area contributed by atoms with Crippen LogP contribution in [0.15, 0.2) is 11.6 Å². The normalized spacial score (nSPS) is 51.7. The first-order valence-electron chi connectivity index (χ1n) is 32.7. The topological polar surface area (TPSA) is 482 Å². The van der Waals surface area contributed by atoms with Crippen LogP contribution in [0.25, 0.3) is 0 Å². The number of carbonyl (C=O) groups excluding carboxylic acids is 3. The van der Waals surface area contributed by atoms with E-state index in [1.807, 2.05) is 13.0 Å². The number of carboxylic acid groups (broad SMARTS) is 1. The van der Waals surface area contributed by atoms with Crippen LogP contribution in [0.1, 0.15) is 120 Å². The number of carbonyl (C=O) groups is 4. The van der Waals surface area contributed by atoms with Gasteiger partial charge in [-0.3, -0.25) is 19.2 Å². The number of aliphatic hydroxyl groups is 14. The molecule has 5 heterocycles. The summed E-state index contributed by atoms with van der Waals surface area (Å²) in [6.07, 6.45) is -39.7. The minimum Gasteiger partial charge on any atom is -0.481 e. The van der Waals surface area contributed by atoms with Crippen molar-refractivity contribution in [2.75, 3.05) is 26.4 Å². The van der Waals surface area contributed by atoms with E-state index in [-0.39, 0.29) is 37.5 Å². The molecule has 10 aliphatic rings. The molecular weight excluding hydrogens is 1250 g/mol. The molecule has 10 rings (SSSR count). The van der Waals surface area contributed by atoms with Crippen molar-refractivity contribution in [2.24, 2.45) is 50.2 Å². The van der Waals surface area contributed by atoms with Crippen molar-refractivity contribution in [3.63, 3.8) is 0 Å². The Balaban J connectivity index is 0.942. The minimum absolute atomic E-state index is 0.0797. The predicted molar refractivity (Wildman–Crippen MR) is 310 cm³/mol. The van der Waals surface area contributed by atoms with Crippen LogP contribution in [0.5, 0.6) is 0 Å². The number of hydrogen-bond donors (Lipinski definition) is 15. The van der Waals surface area contributed by atoms with E-state index in [4.69, 9.17) is 56.8 Å². The van der Waals surface area contributed by atoms with Gasteiger partial charge in [0.1, 0.15) is 91.6 Å². The van der Waals surface area contributed by atoms with Crippen LogP contribution < -0.4 is 0 Å². The zero-order chi connectivity index (χ0) is 69.0. The molecule has 536 valence electrons. The van der Waals surface area contributed by atoms with Crippen LogP contribution >= 0.6 is 0 Å². The summed E-state index contributed by atoms with van der Waals surface area (Å²) in [5.74, 6) is -5.66. The van der Waals surface area contributed by atoms with Gasteiger partial charge in [0.2, 0.25) is 6.29 Å². The molecule has 9 fully saturated rings. The fourth-order valence-corrected chi connectivity index (χ4v) is 18.5. The quantitative estimate of drug-likeness (QED) is 0.0310. The van der Waals surface area contributed by atoms with Gasteiger partial charge in [0.05, 0.1) is 55.6 Å². The van der Waals surface area contributed by atoms with Gasteiger partial charge in [0, 0.05) is 19.3 Å². The zero-order valence-electron chi connectivity index (χ0n) is 54.3. The molecule has 0 aromatic heterocycles. The Kier molecular flexibility index (Phi) is 21.3. The lowest BCUT2D eigenvalue weighted by atomic mass is 9.33. The van der Waals surface area contributed by atoms with Crippen LogP contribution in [-0.2, 0) is 76.0 Å². The maximum absolute atomic E-state index is 15.9. The minimum atomic E-state index is -2.00. The number of rotatable bonds is 16. The highest BCUT2D eigenvalue weighted by atomic mass is 16.8. The van der Waals surface area contributed by atoms with E-state index in [1.54, 1.807) is 0 Å². The van der Waals surface area contributed by atoms with Crippen LogP contribution in [0, 0.1) is 50.2 Å². The summed E-state index contributed by atoms with van der Waals surface area (Å²) in [5, 5.41) is 165. The molecule has 94 heavy (non-hydrogen) atoms. The fourth-order valence-electron chi connectivity index (χ4n) is 18.5. The molecule has 4 saturated carbocycles. The fraction of sp³-hybridized carbons (Fsp3) is 0.905. The van der Waals surface area contributed by atoms with E-state index < -0.39 is 255 Å². The van der Waals surface area contributed by atoms with Crippen LogP contribution in [0.2, 0.25) is 0 Å². The van der Waals surface area contributed by atoms with Gasteiger partial charge in [-0.15, -0.1) is 0 Å². The molecule has 5 aliphatic heterocycles. The summed E-state index contributed by atoms with van der Waals surface area (Å²) < 4.78 is 72.0. The number of allylic oxidation sites excluding steroid dienone is 1. The summed E-state index contributed by atoms with van der Waals surface area (Å²) in [6.45, 7) is 12.1. The van der Waals surface area contributed by atoms with Crippen LogP contribution in [-0.4, -0.2) is 287 Å². The smallest absolute Gasteiger partial charge is 0.315 e. The van der Waals surface area contributed by atoms with E-state index in [9.17, 15) is 91.0 Å². The lowest BCUT2D eigenvalue weighted by Crippen LogP contribution is -2.71. The Labute approximate surface area is 543 Å². The highest BCUT2D eigenvalue weighted by molar-refractivity contribution is 5.79. The second-order valence-electron chi connectivity index (χ2n) is 29.6. The molecule has 5 saturated heterocycles. The van der Waals surface area contributed by atoms with E-state index >= 15 is 4.79 Å². The van der Waals surface area contributed by atoms with Crippen LogP contribution in [0.4, 0.5) is 0 Å². The van der Waals surface area contributed by atoms with E-state index in [0.717, 1.165) is 19.4 Å². The van der Waals surface area contributed by atoms with E-state index in [1.165, 1.54) is 20.8 Å². The first-order valence-corrected chi connectivity index (χ1v) is 32.7. The summed E-state index contributed by atoms with van der Waals surface area (Å²) >= 11 is 0. The van der Waals surface area contributed by atoms with Crippen molar-refractivity contribution < 1.29 is 153 Å². The maximum atomic E-state index is 15.9. The number of aliphatic hydroxyl groups excluding tert-OH is 14. The highest BCUT2D eigenvalue weighted by Gasteiger charge is 2.74. The standard InChI is InChI=1S/C63H98O31/c1-24-45(90-51-42(77)36(71)31(70)22-83-51)41(76)44(79)52(84-24)92-49-48(87-27(4)68)46(86-26(3)67)25(2)85-55(49)94-57(82)62-15-14-58(5,6)18-29(62)28-10-11-34-59(7)19-30(69)50(61(9,56(80)81)35(59)12-13-60(34,8)63(28,23-66)17-16-62)93-54-47(40(75)38(73)33(21-65)89-54)91-53-43(78)39(74)37(72)32(20-64)88-53/h10,24-25,29-55,64-66,69-79H,11-23H2,1-9H3,(H,80,81)/t24-,25+,29-,30-,31+,32+,33+,34+,35+,36-,37-,38+,39-,40-,41-,42+,43+,44+,45-,46-,47+,48-,49+,50-,51-,52-,53-,54-,55-,59+,60+,61-,62-,63-/m0/s1. The van der Waals surface area contributed by atoms with Crippen molar-refractivity contribution >= 4 is 23.9 Å². The van der Waals surface area contributed by atoms with E-state index in [0.29, 0.717) is 25.7 Å². The monoisotopic (exact) mass is 1350 g/mol. The second kappa shape index (κ2) is 27.3. The summed E-state index contributed by atoms with van der Waals surface area (Å²) in [6, 6.07) is 0. The van der Waals surface area contributed by atoms with Gasteiger partial charge in [-0.05, 0) is 113 Å².